The van der Waals surface area contributed by atoms with Gasteiger partial charge in [-0.25, -0.2) is 4.79 Å². The van der Waals surface area contributed by atoms with Crippen LogP contribution in [0.1, 0.15) is 15.9 Å². The molecule has 80 valence electrons. The van der Waals surface area contributed by atoms with Gasteiger partial charge in [-0.2, -0.15) is 0 Å². The van der Waals surface area contributed by atoms with Gasteiger partial charge in [-0.3, -0.25) is 0 Å². The molecule has 15 heavy (non-hydrogen) atoms. The van der Waals surface area contributed by atoms with Crippen molar-refractivity contribution in [1.29, 1.82) is 0 Å². The second-order valence-corrected chi connectivity index (χ2v) is 3.83. The van der Waals surface area contributed by atoms with Crippen molar-refractivity contribution in [1.82, 2.24) is 0 Å². The van der Waals surface area contributed by atoms with Crippen molar-refractivity contribution in [2.75, 3.05) is 14.2 Å². The molecule has 0 unspecified atom stereocenters. The molecule has 0 atom stereocenters. The Balaban J connectivity index is 2.67. The van der Waals surface area contributed by atoms with E-state index in [2.05, 4.69) is 15.9 Å². The maximum atomic E-state index is 11.4. The molecule has 0 N–H and O–H groups in total. The fraction of sp³-hybridized carbons (Fsp3) is 0.300. The van der Waals surface area contributed by atoms with E-state index in [1.807, 2.05) is 0 Å². The highest BCUT2D eigenvalue weighted by atomic mass is 79.9. The van der Waals surface area contributed by atoms with E-state index in [0.717, 1.165) is 5.56 Å². The smallest absolute Gasteiger partial charge is 0.340 e. The molecule has 0 aliphatic carbocycles. The van der Waals surface area contributed by atoms with E-state index in [9.17, 15) is 4.79 Å². The van der Waals surface area contributed by atoms with E-state index in [0.29, 0.717) is 21.5 Å². The van der Waals surface area contributed by atoms with E-state index < -0.39 is 0 Å². The Morgan fingerprint density at radius 2 is 2.13 bits per heavy atom. The van der Waals surface area contributed by atoms with Gasteiger partial charge in [0.1, 0.15) is 6.61 Å². The van der Waals surface area contributed by atoms with Gasteiger partial charge in [-0.05, 0) is 22.0 Å². The summed E-state index contributed by atoms with van der Waals surface area (Å²) in [5.41, 5.74) is 1.33. The van der Waals surface area contributed by atoms with Crippen molar-refractivity contribution in [3.63, 3.8) is 0 Å². The molecule has 0 aromatic heterocycles. The molecule has 1 heterocycles. The first-order valence-corrected chi connectivity index (χ1v) is 5.08. The third-order valence-electron chi connectivity index (χ3n) is 2.26. The summed E-state index contributed by atoms with van der Waals surface area (Å²) in [6.45, 7) is 0.285. The highest BCUT2D eigenvalue weighted by molar-refractivity contribution is 9.10. The van der Waals surface area contributed by atoms with Crippen LogP contribution in [0.3, 0.4) is 0 Å². The zero-order valence-electron chi connectivity index (χ0n) is 8.30. The molecule has 0 radical (unpaired) electrons. The van der Waals surface area contributed by atoms with Gasteiger partial charge in [0.25, 0.3) is 0 Å². The average molecular weight is 273 g/mol. The number of hydrogen-bond donors (Lipinski definition) is 0. The second kappa shape index (κ2) is 3.73. The van der Waals surface area contributed by atoms with Crippen LogP contribution in [0.15, 0.2) is 10.5 Å². The normalized spacial score (nSPS) is 13.4. The molecule has 5 heteroatoms. The average Bonchev–Trinajstić information content (AvgIpc) is 2.60. The van der Waals surface area contributed by atoms with Crippen molar-refractivity contribution < 1.29 is 19.0 Å². The van der Waals surface area contributed by atoms with Crippen molar-refractivity contribution in [3.8, 4) is 11.5 Å². The van der Waals surface area contributed by atoms with Gasteiger partial charge in [0.15, 0.2) is 11.5 Å². The standard InChI is InChI=1S/C10H9BrO4/c1-13-6-3-5-4-15-10(12)7(5)8(11)9(6)14-2/h3H,4H2,1-2H3. The lowest BCUT2D eigenvalue weighted by molar-refractivity contribution is 0.0534. The van der Waals surface area contributed by atoms with E-state index in [-0.39, 0.29) is 12.6 Å². The van der Waals surface area contributed by atoms with Gasteiger partial charge in [0.05, 0.1) is 24.3 Å². The molecule has 4 nitrogen and oxygen atoms in total. The number of rotatable bonds is 2. The number of fused-ring (bicyclic) bond motifs is 1. The molecular weight excluding hydrogens is 264 g/mol. The number of esters is 1. The maximum absolute atomic E-state index is 11.4. The molecular formula is C10H9BrO4. The van der Waals surface area contributed by atoms with Crippen LogP contribution < -0.4 is 9.47 Å². The monoisotopic (exact) mass is 272 g/mol. The number of cyclic esters (lactones) is 1. The van der Waals surface area contributed by atoms with Gasteiger partial charge >= 0.3 is 5.97 Å². The van der Waals surface area contributed by atoms with E-state index in [1.54, 1.807) is 13.2 Å². The van der Waals surface area contributed by atoms with Crippen LogP contribution in [-0.2, 0) is 11.3 Å². The summed E-state index contributed by atoms with van der Waals surface area (Å²) in [4.78, 5) is 11.4. The van der Waals surface area contributed by atoms with E-state index >= 15 is 0 Å². The lowest BCUT2D eigenvalue weighted by atomic mass is 10.1. The summed E-state index contributed by atoms with van der Waals surface area (Å²) in [6, 6.07) is 1.75. The summed E-state index contributed by atoms with van der Waals surface area (Å²) < 4.78 is 15.8. The predicted octanol–water partition coefficient (Wildman–Crippen LogP) is 2.14. The van der Waals surface area contributed by atoms with Crippen molar-refractivity contribution in [3.05, 3.63) is 21.7 Å². The zero-order valence-corrected chi connectivity index (χ0v) is 9.88. The third-order valence-corrected chi connectivity index (χ3v) is 3.01. The molecule has 0 spiro atoms. The number of carbonyl (C=O) groups is 1. The molecule has 1 aromatic carbocycles. The topological polar surface area (TPSA) is 44.8 Å². The number of carbonyl (C=O) groups excluding carboxylic acids is 1. The SMILES string of the molecule is COc1cc2c(c(Br)c1OC)C(=O)OC2. The van der Waals surface area contributed by atoms with Crippen LogP contribution in [0.2, 0.25) is 0 Å². The third kappa shape index (κ3) is 1.47. The Hall–Kier alpha value is -1.23. The number of benzene rings is 1. The first-order valence-electron chi connectivity index (χ1n) is 4.29. The molecule has 1 aromatic rings. The Bertz CT molecular complexity index is 428. The van der Waals surface area contributed by atoms with Crippen LogP contribution in [0.4, 0.5) is 0 Å². The quantitative estimate of drug-likeness (QED) is 0.774. The molecule has 0 fully saturated rings. The molecule has 0 amide bonds. The largest absolute Gasteiger partial charge is 0.493 e. The lowest BCUT2D eigenvalue weighted by Crippen LogP contribution is -1.99. The summed E-state index contributed by atoms with van der Waals surface area (Å²) in [5.74, 6) is 0.759. The summed E-state index contributed by atoms with van der Waals surface area (Å²) in [5, 5.41) is 0. The van der Waals surface area contributed by atoms with E-state index in [4.69, 9.17) is 14.2 Å². The van der Waals surface area contributed by atoms with Crippen LogP contribution in [-0.4, -0.2) is 20.2 Å². The minimum atomic E-state index is -0.335. The summed E-state index contributed by atoms with van der Waals surface area (Å²) in [6.07, 6.45) is 0. The van der Waals surface area contributed by atoms with Crippen molar-refractivity contribution in [2.24, 2.45) is 0 Å². The van der Waals surface area contributed by atoms with Gasteiger partial charge < -0.3 is 14.2 Å². The number of hydrogen-bond acceptors (Lipinski definition) is 4. The lowest BCUT2D eigenvalue weighted by Gasteiger charge is -2.11. The molecule has 1 aliphatic heterocycles. The highest BCUT2D eigenvalue weighted by Crippen LogP contribution is 2.42. The molecule has 0 saturated heterocycles. The highest BCUT2D eigenvalue weighted by Gasteiger charge is 2.28. The minimum absolute atomic E-state index is 0.285. The van der Waals surface area contributed by atoms with Gasteiger partial charge in [0.2, 0.25) is 0 Å². The Morgan fingerprint density at radius 1 is 1.40 bits per heavy atom. The molecule has 2 rings (SSSR count). The van der Waals surface area contributed by atoms with Gasteiger partial charge in [-0.15, -0.1) is 0 Å². The Labute approximate surface area is 95.3 Å². The zero-order chi connectivity index (χ0) is 11.0. The summed E-state index contributed by atoms with van der Waals surface area (Å²) in [7, 11) is 3.07. The van der Waals surface area contributed by atoms with E-state index in [1.165, 1.54) is 7.11 Å². The Morgan fingerprint density at radius 3 is 2.73 bits per heavy atom. The number of methoxy groups -OCH3 is 2. The maximum Gasteiger partial charge on any atom is 0.340 e. The fourth-order valence-electron chi connectivity index (χ4n) is 1.55. The van der Waals surface area contributed by atoms with Gasteiger partial charge in [0, 0.05) is 5.56 Å². The molecule has 1 aliphatic rings. The van der Waals surface area contributed by atoms with Crippen LogP contribution in [0.25, 0.3) is 0 Å². The van der Waals surface area contributed by atoms with Crippen molar-refractivity contribution in [2.45, 2.75) is 6.61 Å². The first-order chi connectivity index (χ1) is 7.19. The van der Waals surface area contributed by atoms with Crippen molar-refractivity contribution >= 4 is 21.9 Å². The van der Waals surface area contributed by atoms with Crippen LogP contribution >= 0.6 is 15.9 Å². The van der Waals surface area contributed by atoms with Gasteiger partial charge in [-0.1, -0.05) is 0 Å². The first kappa shape index (κ1) is 10.3. The summed E-state index contributed by atoms with van der Waals surface area (Å²) >= 11 is 3.32. The number of halogens is 1. The molecule has 0 saturated carbocycles. The van der Waals surface area contributed by atoms with Crippen LogP contribution in [0, 0.1) is 0 Å². The minimum Gasteiger partial charge on any atom is -0.493 e. The molecule has 0 bridgehead atoms. The Kier molecular flexibility index (Phi) is 2.56. The second-order valence-electron chi connectivity index (χ2n) is 3.04. The fourth-order valence-corrected chi connectivity index (χ4v) is 2.32. The van der Waals surface area contributed by atoms with Crippen LogP contribution in [0.5, 0.6) is 11.5 Å². The number of ether oxygens (including phenoxy) is 3. The predicted molar refractivity (Wildman–Crippen MR) is 56.4 cm³/mol.